The molecule has 3 heterocycles. The molecule has 0 aliphatic carbocycles. The molecule has 0 bridgehead atoms. The SMILES string of the molecule is CC(C)N1CN(c2cccc(C(c3ccccc3)(c3ccccc3)c3ccc4c5ccccc5n(-c5cc(-c6ccccc6)ccn5)c4c3)c2)c2ccccc21. The van der Waals surface area contributed by atoms with Crippen molar-refractivity contribution < 1.29 is 0 Å². The van der Waals surface area contributed by atoms with Crippen LogP contribution in [0.15, 0.2) is 200 Å². The number of anilines is 3. The van der Waals surface area contributed by atoms with Crippen molar-refractivity contribution in [3.05, 3.63) is 223 Å². The van der Waals surface area contributed by atoms with E-state index < -0.39 is 5.41 Å². The second-order valence-corrected chi connectivity index (χ2v) is 15.0. The quantitative estimate of drug-likeness (QED) is 0.146. The minimum atomic E-state index is -0.649. The highest BCUT2D eigenvalue weighted by Gasteiger charge is 2.40. The number of fused-ring (bicyclic) bond motifs is 4. The van der Waals surface area contributed by atoms with Crippen molar-refractivity contribution in [3.63, 3.8) is 0 Å². The maximum absolute atomic E-state index is 5.02. The number of rotatable bonds is 8. The van der Waals surface area contributed by atoms with Gasteiger partial charge in [0.2, 0.25) is 0 Å². The number of hydrogen-bond acceptors (Lipinski definition) is 3. The lowest BCUT2D eigenvalue weighted by Gasteiger charge is -2.37. The highest BCUT2D eigenvalue weighted by atomic mass is 15.4. The van der Waals surface area contributed by atoms with Crippen LogP contribution >= 0.6 is 0 Å². The zero-order valence-corrected chi connectivity index (χ0v) is 31.6. The van der Waals surface area contributed by atoms with Crippen LogP contribution in [0.1, 0.15) is 36.1 Å². The molecule has 0 fully saturated rings. The first-order chi connectivity index (χ1) is 27.6. The van der Waals surface area contributed by atoms with Crippen molar-refractivity contribution in [2.75, 3.05) is 16.5 Å². The Hall–Kier alpha value is -6.91. The van der Waals surface area contributed by atoms with Gasteiger partial charge in [0.25, 0.3) is 0 Å². The molecule has 9 aromatic rings. The smallest absolute Gasteiger partial charge is 0.138 e. The van der Waals surface area contributed by atoms with Crippen molar-refractivity contribution in [1.29, 1.82) is 0 Å². The van der Waals surface area contributed by atoms with E-state index in [1.807, 2.05) is 6.20 Å². The van der Waals surface area contributed by atoms with Crippen molar-refractivity contribution in [3.8, 4) is 16.9 Å². The molecule has 0 spiro atoms. The Morgan fingerprint density at radius 1 is 0.482 bits per heavy atom. The van der Waals surface area contributed by atoms with Crippen LogP contribution in [0.3, 0.4) is 0 Å². The highest BCUT2D eigenvalue weighted by Crippen LogP contribution is 2.49. The number of nitrogens with zero attached hydrogens (tertiary/aromatic N) is 4. The minimum Gasteiger partial charge on any atom is -0.349 e. The summed E-state index contributed by atoms with van der Waals surface area (Å²) in [5.74, 6) is 0.893. The molecule has 56 heavy (non-hydrogen) atoms. The van der Waals surface area contributed by atoms with Gasteiger partial charge in [-0.25, -0.2) is 4.98 Å². The van der Waals surface area contributed by atoms with Gasteiger partial charge in [-0.3, -0.25) is 4.57 Å². The molecule has 0 amide bonds. The molecule has 1 aliphatic rings. The maximum atomic E-state index is 5.02. The number of hydrogen-bond donors (Lipinski definition) is 0. The van der Waals surface area contributed by atoms with Crippen LogP contribution in [-0.4, -0.2) is 22.3 Å². The first-order valence-corrected chi connectivity index (χ1v) is 19.5. The third kappa shape index (κ3) is 5.40. The van der Waals surface area contributed by atoms with Gasteiger partial charge >= 0.3 is 0 Å². The van der Waals surface area contributed by atoms with E-state index in [0.717, 1.165) is 29.1 Å². The highest BCUT2D eigenvalue weighted by molar-refractivity contribution is 6.09. The molecule has 0 unspecified atom stereocenters. The number of benzene rings is 7. The fourth-order valence-electron chi connectivity index (χ4n) is 8.99. The third-order valence-electron chi connectivity index (χ3n) is 11.6. The lowest BCUT2D eigenvalue weighted by molar-refractivity contribution is 0.708. The topological polar surface area (TPSA) is 24.3 Å². The first kappa shape index (κ1) is 33.6. The average Bonchev–Trinajstić information content (AvgIpc) is 3.82. The Morgan fingerprint density at radius 3 is 1.82 bits per heavy atom. The summed E-state index contributed by atoms with van der Waals surface area (Å²) in [5.41, 5.74) is 12.4. The number of aromatic nitrogens is 2. The fraction of sp³-hybridized carbons (Fsp3) is 0.0962. The van der Waals surface area contributed by atoms with Gasteiger partial charge in [0.05, 0.1) is 34.5 Å². The zero-order chi connectivity index (χ0) is 37.6. The van der Waals surface area contributed by atoms with E-state index in [0.29, 0.717) is 6.04 Å². The largest absolute Gasteiger partial charge is 0.349 e. The summed E-state index contributed by atoms with van der Waals surface area (Å²) in [6, 6.07) is 71.1. The minimum absolute atomic E-state index is 0.374. The number of para-hydroxylation sites is 3. The van der Waals surface area contributed by atoms with Gasteiger partial charge in [-0.1, -0.05) is 146 Å². The van der Waals surface area contributed by atoms with E-state index in [-0.39, 0.29) is 0 Å². The van der Waals surface area contributed by atoms with Crippen molar-refractivity contribution in [1.82, 2.24) is 9.55 Å². The molecular weight excluding hydrogens is 681 g/mol. The Labute approximate surface area is 328 Å². The molecule has 7 aromatic carbocycles. The molecule has 0 atom stereocenters. The normalized spacial score (nSPS) is 12.8. The second-order valence-electron chi connectivity index (χ2n) is 15.0. The molecular formula is C52H42N4. The van der Waals surface area contributed by atoms with E-state index in [1.165, 1.54) is 55.7 Å². The van der Waals surface area contributed by atoms with Crippen LogP contribution in [0.25, 0.3) is 38.8 Å². The predicted molar refractivity (Wildman–Crippen MR) is 233 cm³/mol. The van der Waals surface area contributed by atoms with Crippen molar-refractivity contribution in [2.24, 2.45) is 0 Å². The summed E-state index contributed by atoms with van der Waals surface area (Å²) in [7, 11) is 0. The molecule has 10 rings (SSSR count). The monoisotopic (exact) mass is 722 g/mol. The summed E-state index contributed by atoms with van der Waals surface area (Å²) in [4.78, 5) is 9.97. The number of pyridine rings is 1. The van der Waals surface area contributed by atoms with Crippen LogP contribution in [0.5, 0.6) is 0 Å². The first-order valence-electron chi connectivity index (χ1n) is 19.5. The van der Waals surface area contributed by atoms with Gasteiger partial charge in [0.15, 0.2) is 0 Å². The fourth-order valence-corrected chi connectivity index (χ4v) is 8.99. The molecule has 1 aliphatic heterocycles. The molecule has 2 aromatic heterocycles. The lowest BCUT2D eigenvalue weighted by Crippen LogP contribution is -2.34. The molecule has 4 heteroatoms. The van der Waals surface area contributed by atoms with E-state index in [4.69, 9.17) is 4.98 Å². The van der Waals surface area contributed by atoms with Crippen LogP contribution < -0.4 is 9.80 Å². The molecule has 0 saturated heterocycles. The summed E-state index contributed by atoms with van der Waals surface area (Å²) in [6.45, 7) is 5.34. The van der Waals surface area contributed by atoms with Crippen molar-refractivity contribution in [2.45, 2.75) is 25.3 Å². The molecule has 0 radical (unpaired) electrons. The Bertz CT molecular complexity index is 2780. The Morgan fingerprint density at radius 2 is 1.09 bits per heavy atom. The van der Waals surface area contributed by atoms with Crippen LogP contribution in [-0.2, 0) is 5.41 Å². The molecule has 0 saturated carbocycles. The van der Waals surface area contributed by atoms with E-state index in [2.05, 4.69) is 222 Å². The predicted octanol–water partition coefficient (Wildman–Crippen LogP) is 12.6. The Balaban J connectivity index is 1.24. The van der Waals surface area contributed by atoms with Crippen molar-refractivity contribution >= 4 is 38.9 Å². The maximum Gasteiger partial charge on any atom is 0.138 e. The summed E-state index contributed by atoms with van der Waals surface area (Å²) in [5, 5.41) is 2.40. The summed E-state index contributed by atoms with van der Waals surface area (Å²) < 4.78 is 2.35. The van der Waals surface area contributed by atoms with Gasteiger partial charge in [-0.2, -0.15) is 0 Å². The van der Waals surface area contributed by atoms with E-state index in [9.17, 15) is 0 Å². The standard InChI is InChI=1S/C52H42N4/c1-37(2)54-36-55(49-28-15-14-27-48(49)54)44-24-16-23-42(34-44)52(40-19-8-4-9-20-40,41-21-10-5-11-22-41)43-29-30-46-45-25-12-13-26-47(45)56(50(46)35-43)51-33-39(31-32-53-51)38-17-6-3-7-18-38/h3-35,37H,36H2,1-2H3. The second kappa shape index (κ2) is 13.7. The lowest BCUT2D eigenvalue weighted by atomic mass is 9.65. The van der Waals surface area contributed by atoms with Gasteiger partial charge in [0, 0.05) is 28.7 Å². The summed E-state index contributed by atoms with van der Waals surface area (Å²) >= 11 is 0. The van der Waals surface area contributed by atoms with Gasteiger partial charge < -0.3 is 9.80 Å². The molecule has 270 valence electrons. The molecule has 4 nitrogen and oxygen atoms in total. The third-order valence-corrected chi connectivity index (χ3v) is 11.6. The van der Waals surface area contributed by atoms with Gasteiger partial charge in [-0.05, 0) is 95.8 Å². The van der Waals surface area contributed by atoms with E-state index >= 15 is 0 Å². The Kier molecular flexibility index (Phi) is 8.26. The van der Waals surface area contributed by atoms with Crippen LogP contribution in [0, 0.1) is 0 Å². The molecule has 0 N–H and O–H groups in total. The van der Waals surface area contributed by atoms with Crippen LogP contribution in [0.2, 0.25) is 0 Å². The average molecular weight is 723 g/mol. The zero-order valence-electron chi connectivity index (χ0n) is 31.6. The van der Waals surface area contributed by atoms with E-state index in [1.54, 1.807) is 0 Å². The van der Waals surface area contributed by atoms with Gasteiger partial charge in [0.1, 0.15) is 5.82 Å². The van der Waals surface area contributed by atoms with Crippen LogP contribution in [0.4, 0.5) is 17.1 Å². The summed E-state index contributed by atoms with van der Waals surface area (Å²) in [6.07, 6.45) is 1.93. The van der Waals surface area contributed by atoms with Gasteiger partial charge in [-0.15, -0.1) is 0 Å².